The second kappa shape index (κ2) is 6.15. The van der Waals surface area contributed by atoms with Crippen LogP contribution in [0.5, 0.6) is 0 Å². The minimum atomic E-state index is 0.569. The Hall–Kier alpha value is -1.40. The lowest BCUT2D eigenvalue weighted by Crippen LogP contribution is -2.14. The lowest BCUT2D eigenvalue weighted by molar-refractivity contribution is 0.210. The van der Waals surface area contributed by atoms with Gasteiger partial charge in [-0.2, -0.15) is 4.98 Å². The average molecular weight is 211 g/mol. The maximum absolute atomic E-state index is 5.30. The van der Waals surface area contributed by atoms with E-state index in [1.54, 1.807) is 7.11 Å². The number of nitrogen functional groups attached to an aromatic ring is 1. The van der Waals surface area contributed by atoms with Crippen LogP contribution in [0, 0.1) is 0 Å². The van der Waals surface area contributed by atoms with E-state index in [1.165, 1.54) is 0 Å². The van der Waals surface area contributed by atoms with E-state index < -0.39 is 0 Å². The van der Waals surface area contributed by atoms with Crippen LogP contribution in [0.15, 0.2) is 6.07 Å². The van der Waals surface area contributed by atoms with E-state index in [1.807, 2.05) is 13.0 Å². The molecule has 0 amide bonds. The molecule has 1 heterocycles. The first-order chi connectivity index (χ1) is 7.30. The van der Waals surface area contributed by atoms with E-state index >= 15 is 0 Å². The van der Waals surface area contributed by atoms with Gasteiger partial charge >= 0.3 is 0 Å². The zero-order valence-corrected chi connectivity index (χ0v) is 9.08. The molecule has 0 aliphatic rings. The first-order valence-electron chi connectivity index (χ1n) is 4.87. The molecule has 1 aromatic heterocycles. The van der Waals surface area contributed by atoms with Crippen molar-refractivity contribution in [3.8, 4) is 0 Å². The zero-order chi connectivity index (χ0) is 11.1. The Labute approximate surface area is 89.2 Å². The van der Waals surface area contributed by atoms with Gasteiger partial charge in [-0.25, -0.2) is 10.8 Å². The average Bonchev–Trinajstić information content (AvgIpc) is 2.29. The van der Waals surface area contributed by atoms with E-state index in [4.69, 9.17) is 10.6 Å². The topological polar surface area (TPSA) is 85.1 Å². The molecule has 0 saturated heterocycles. The number of hydrogen-bond acceptors (Lipinski definition) is 6. The lowest BCUT2D eigenvalue weighted by atomic mass is 10.3. The van der Waals surface area contributed by atoms with Crippen molar-refractivity contribution in [1.29, 1.82) is 0 Å². The highest BCUT2D eigenvalue weighted by molar-refractivity contribution is 5.41. The maximum atomic E-state index is 5.30. The SMILES string of the molecule is CCc1cc(NN)nc(NCCOC)n1. The van der Waals surface area contributed by atoms with Crippen LogP contribution < -0.4 is 16.6 Å². The molecule has 0 radical (unpaired) electrons. The number of hydrogen-bond donors (Lipinski definition) is 3. The summed E-state index contributed by atoms with van der Waals surface area (Å²) < 4.78 is 4.92. The molecule has 1 aromatic rings. The summed E-state index contributed by atoms with van der Waals surface area (Å²) in [5.41, 5.74) is 3.45. The van der Waals surface area contributed by atoms with Crippen molar-refractivity contribution >= 4 is 11.8 Å². The van der Waals surface area contributed by atoms with Crippen LogP contribution in [0.2, 0.25) is 0 Å². The molecule has 6 nitrogen and oxygen atoms in total. The van der Waals surface area contributed by atoms with Crippen molar-refractivity contribution in [3.05, 3.63) is 11.8 Å². The highest BCUT2D eigenvalue weighted by atomic mass is 16.5. The maximum Gasteiger partial charge on any atom is 0.224 e. The molecule has 0 atom stereocenters. The number of aromatic nitrogens is 2. The smallest absolute Gasteiger partial charge is 0.224 e. The van der Waals surface area contributed by atoms with Crippen LogP contribution in [-0.2, 0) is 11.2 Å². The minimum Gasteiger partial charge on any atom is -0.383 e. The fourth-order valence-corrected chi connectivity index (χ4v) is 1.10. The fraction of sp³-hybridized carbons (Fsp3) is 0.556. The molecule has 0 unspecified atom stereocenters. The summed E-state index contributed by atoms with van der Waals surface area (Å²) in [7, 11) is 1.65. The Balaban J connectivity index is 2.68. The minimum absolute atomic E-state index is 0.569. The number of ether oxygens (including phenoxy) is 1. The number of nitrogens with zero attached hydrogens (tertiary/aromatic N) is 2. The first-order valence-corrected chi connectivity index (χ1v) is 4.87. The number of rotatable bonds is 6. The molecule has 0 aliphatic heterocycles. The van der Waals surface area contributed by atoms with E-state index in [2.05, 4.69) is 20.7 Å². The van der Waals surface area contributed by atoms with Crippen molar-refractivity contribution in [3.63, 3.8) is 0 Å². The summed E-state index contributed by atoms with van der Waals surface area (Å²) >= 11 is 0. The predicted molar refractivity (Wildman–Crippen MR) is 59.6 cm³/mol. The van der Waals surface area contributed by atoms with Gasteiger partial charge in [-0.1, -0.05) is 6.92 Å². The molecule has 4 N–H and O–H groups in total. The molecule has 15 heavy (non-hydrogen) atoms. The van der Waals surface area contributed by atoms with Crippen molar-refractivity contribution < 1.29 is 4.74 Å². The Morgan fingerprint density at radius 3 is 2.87 bits per heavy atom. The van der Waals surface area contributed by atoms with Crippen LogP contribution in [0.3, 0.4) is 0 Å². The number of nitrogens with two attached hydrogens (primary N) is 1. The third-order valence-corrected chi connectivity index (χ3v) is 1.88. The molecule has 0 aliphatic carbocycles. The van der Waals surface area contributed by atoms with Crippen molar-refractivity contribution in [2.75, 3.05) is 31.0 Å². The molecule has 0 aromatic carbocycles. The van der Waals surface area contributed by atoms with Crippen LogP contribution in [0.4, 0.5) is 11.8 Å². The third-order valence-electron chi connectivity index (χ3n) is 1.88. The van der Waals surface area contributed by atoms with E-state index in [9.17, 15) is 0 Å². The van der Waals surface area contributed by atoms with Crippen LogP contribution in [0.25, 0.3) is 0 Å². The Morgan fingerprint density at radius 1 is 1.47 bits per heavy atom. The van der Waals surface area contributed by atoms with Crippen molar-refractivity contribution in [2.45, 2.75) is 13.3 Å². The molecule has 0 saturated carbocycles. The summed E-state index contributed by atoms with van der Waals surface area (Å²) in [6.07, 6.45) is 0.843. The van der Waals surface area contributed by atoms with Gasteiger partial charge in [0.05, 0.1) is 6.61 Å². The summed E-state index contributed by atoms with van der Waals surface area (Å²) in [6.45, 7) is 3.32. The Kier molecular flexibility index (Phi) is 4.79. The Morgan fingerprint density at radius 2 is 2.27 bits per heavy atom. The predicted octanol–water partition coefficient (Wildman–Crippen LogP) is 0.383. The lowest BCUT2D eigenvalue weighted by Gasteiger charge is -2.07. The highest BCUT2D eigenvalue weighted by Crippen LogP contribution is 2.09. The number of nitrogens with one attached hydrogen (secondary N) is 2. The van der Waals surface area contributed by atoms with E-state index in [-0.39, 0.29) is 0 Å². The van der Waals surface area contributed by atoms with Gasteiger partial charge in [0.15, 0.2) is 0 Å². The van der Waals surface area contributed by atoms with Gasteiger partial charge in [0, 0.05) is 25.4 Å². The third kappa shape index (κ3) is 3.69. The largest absolute Gasteiger partial charge is 0.383 e. The molecule has 84 valence electrons. The van der Waals surface area contributed by atoms with Gasteiger partial charge in [0.25, 0.3) is 0 Å². The molecular weight excluding hydrogens is 194 g/mol. The molecule has 1 rings (SSSR count). The standard InChI is InChI=1S/C9H17N5O/c1-3-7-6-8(14-10)13-9(12-7)11-4-5-15-2/h6H,3-5,10H2,1-2H3,(H2,11,12,13,14). The number of aryl methyl sites for hydroxylation is 1. The summed E-state index contributed by atoms with van der Waals surface area (Å²) in [5.74, 6) is 6.49. The summed E-state index contributed by atoms with van der Waals surface area (Å²) in [6, 6.07) is 1.82. The van der Waals surface area contributed by atoms with Gasteiger partial charge in [-0.15, -0.1) is 0 Å². The Bertz CT molecular complexity index is 282. The second-order valence-corrected chi connectivity index (χ2v) is 2.99. The van der Waals surface area contributed by atoms with Crippen molar-refractivity contribution in [1.82, 2.24) is 9.97 Å². The fourth-order valence-electron chi connectivity index (χ4n) is 1.10. The quantitative estimate of drug-likeness (QED) is 0.358. The monoisotopic (exact) mass is 211 g/mol. The zero-order valence-electron chi connectivity index (χ0n) is 9.08. The molecule has 0 fully saturated rings. The first kappa shape index (κ1) is 11.7. The van der Waals surface area contributed by atoms with E-state index in [0.29, 0.717) is 24.9 Å². The molecule has 0 spiro atoms. The number of hydrazine groups is 1. The van der Waals surface area contributed by atoms with Gasteiger partial charge < -0.3 is 15.5 Å². The molecule has 0 bridgehead atoms. The highest BCUT2D eigenvalue weighted by Gasteiger charge is 2.01. The van der Waals surface area contributed by atoms with Gasteiger partial charge in [-0.3, -0.25) is 0 Å². The van der Waals surface area contributed by atoms with Gasteiger partial charge in [0.2, 0.25) is 5.95 Å². The van der Waals surface area contributed by atoms with Crippen LogP contribution in [-0.4, -0.2) is 30.2 Å². The van der Waals surface area contributed by atoms with Crippen LogP contribution >= 0.6 is 0 Å². The number of methoxy groups -OCH3 is 1. The normalized spacial score (nSPS) is 10.1. The summed E-state index contributed by atoms with van der Waals surface area (Å²) in [4.78, 5) is 8.46. The summed E-state index contributed by atoms with van der Waals surface area (Å²) in [5, 5.41) is 3.05. The van der Waals surface area contributed by atoms with Gasteiger partial charge in [-0.05, 0) is 6.42 Å². The number of anilines is 2. The second-order valence-electron chi connectivity index (χ2n) is 2.99. The van der Waals surface area contributed by atoms with Gasteiger partial charge in [0.1, 0.15) is 5.82 Å². The van der Waals surface area contributed by atoms with Crippen LogP contribution in [0.1, 0.15) is 12.6 Å². The molecular formula is C9H17N5O. The van der Waals surface area contributed by atoms with E-state index in [0.717, 1.165) is 12.1 Å². The molecule has 6 heteroatoms. The van der Waals surface area contributed by atoms with Crippen molar-refractivity contribution in [2.24, 2.45) is 5.84 Å².